The highest BCUT2D eigenvalue weighted by molar-refractivity contribution is 7.71. The number of aromatic hydroxyl groups is 1. The lowest BCUT2D eigenvalue weighted by Gasteiger charge is -2.17. The van der Waals surface area contributed by atoms with Gasteiger partial charge in [-0.3, -0.25) is 9.36 Å². The molecule has 4 rings (SSSR count). The average molecular weight is 344 g/mol. The highest BCUT2D eigenvalue weighted by Gasteiger charge is 2.23. The molecule has 0 spiro atoms. The molecule has 2 N–H and O–H groups in total. The van der Waals surface area contributed by atoms with Crippen molar-refractivity contribution in [3.8, 4) is 11.4 Å². The smallest absolute Gasteiger partial charge is 0.267 e. The van der Waals surface area contributed by atoms with E-state index < -0.39 is 0 Å². The van der Waals surface area contributed by atoms with Crippen LogP contribution in [0, 0.1) is 10.7 Å². The van der Waals surface area contributed by atoms with Gasteiger partial charge in [-0.1, -0.05) is 6.92 Å². The summed E-state index contributed by atoms with van der Waals surface area (Å²) >= 11 is 7.06. The lowest BCUT2D eigenvalue weighted by atomic mass is 9.89. The molecule has 0 fully saturated rings. The molecule has 0 bridgehead atoms. The third-order valence-corrected chi connectivity index (χ3v) is 5.91. The van der Waals surface area contributed by atoms with E-state index >= 15 is 0 Å². The van der Waals surface area contributed by atoms with Crippen LogP contribution in [-0.2, 0) is 12.8 Å². The predicted octanol–water partition coefficient (Wildman–Crippen LogP) is 3.94. The minimum absolute atomic E-state index is 0.0681. The molecule has 6 heteroatoms. The molecule has 0 saturated carbocycles. The Kier molecular flexibility index (Phi) is 3.39. The number of aryl methyl sites for hydroxylation is 1. The Morgan fingerprint density at radius 1 is 1.35 bits per heavy atom. The molecule has 23 heavy (non-hydrogen) atoms. The minimum Gasteiger partial charge on any atom is -0.508 e. The summed E-state index contributed by atoms with van der Waals surface area (Å²) in [6.45, 7) is 2.25. The van der Waals surface area contributed by atoms with Gasteiger partial charge in [-0.15, -0.1) is 11.3 Å². The average Bonchev–Trinajstić information content (AvgIpc) is 2.86. The number of hydrogen-bond donors (Lipinski definition) is 2. The SMILES string of the molecule is CC1CCc2c(sc3[nH]c(=S)n(-c4ccc(O)cc4)c(=O)c23)C1. The van der Waals surface area contributed by atoms with E-state index in [1.165, 1.54) is 15.0 Å². The molecule has 0 amide bonds. The Hall–Kier alpha value is -1.92. The quantitative estimate of drug-likeness (QED) is 0.657. The van der Waals surface area contributed by atoms with Gasteiger partial charge in [0.15, 0.2) is 4.77 Å². The third kappa shape index (κ3) is 2.33. The van der Waals surface area contributed by atoms with Gasteiger partial charge in [0.1, 0.15) is 10.6 Å². The van der Waals surface area contributed by atoms with Crippen molar-refractivity contribution < 1.29 is 5.11 Å². The molecule has 118 valence electrons. The van der Waals surface area contributed by atoms with Crippen molar-refractivity contribution in [1.82, 2.24) is 9.55 Å². The highest BCUT2D eigenvalue weighted by Crippen LogP contribution is 2.35. The minimum atomic E-state index is -0.0681. The third-order valence-electron chi connectivity index (χ3n) is 4.46. The number of H-pyrrole nitrogens is 1. The van der Waals surface area contributed by atoms with Crippen molar-refractivity contribution in [2.45, 2.75) is 26.2 Å². The van der Waals surface area contributed by atoms with E-state index in [4.69, 9.17) is 12.2 Å². The molecular weight excluding hydrogens is 328 g/mol. The van der Waals surface area contributed by atoms with Gasteiger partial charge in [0.25, 0.3) is 5.56 Å². The maximum absolute atomic E-state index is 13.1. The van der Waals surface area contributed by atoms with Crippen LogP contribution in [0.4, 0.5) is 0 Å². The number of fused-ring (bicyclic) bond motifs is 3. The van der Waals surface area contributed by atoms with E-state index in [2.05, 4.69) is 11.9 Å². The zero-order valence-corrected chi connectivity index (χ0v) is 14.3. The summed E-state index contributed by atoms with van der Waals surface area (Å²) in [7, 11) is 0. The molecule has 1 unspecified atom stereocenters. The summed E-state index contributed by atoms with van der Waals surface area (Å²) in [6.07, 6.45) is 3.10. The first-order valence-electron chi connectivity index (χ1n) is 7.63. The normalized spacial score (nSPS) is 17.3. The second-order valence-corrected chi connectivity index (χ2v) is 7.63. The number of phenols is 1. The van der Waals surface area contributed by atoms with Crippen LogP contribution in [-0.4, -0.2) is 14.7 Å². The van der Waals surface area contributed by atoms with Crippen LogP contribution in [0.3, 0.4) is 0 Å². The zero-order chi connectivity index (χ0) is 16.1. The van der Waals surface area contributed by atoms with Crippen LogP contribution < -0.4 is 5.56 Å². The first-order valence-corrected chi connectivity index (χ1v) is 8.86. The molecule has 1 aromatic carbocycles. The highest BCUT2D eigenvalue weighted by atomic mass is 32.1. The lowest BCUT2D eigenvalue weighted by Crippen LogP contribution is -2.21. The molecule has 1 aliphatic carbocycles. The van der Waals surface area contributed by atoms with E-state index in [1.807, 2.05) is 0 Å². The van der Waals surface area contributed by atoms with Crippen LogP contribution in [0.25, 0.3) is 15.9 Å². The van der Waals surface area contributed by atoms with Gasteiger partial charge in [-0.25, -0.2) is 0 Å². The molecule has 0 radical (unpaired) electrons. The van der Waals surface area contributed by atoms with E-state index in [0.717, 1.165) is 29.5 Å². The van der Waals surface area contributed by atoms with Crippen LogP contribution in [0.2, 0.25) is 0 Å². The largest absolute Gasteiger partial charge is 0.508 e. The monoisotopic (exact) mass is 344 g/mol. The first kappa shape index (κ1) is 14.7. The lowest BCUT2D eigenvalue weighted by molar-refractivity contribution is 0.475. The Bertz CT molecular complexity index is 1010. The second-order valence-electron chi connectivity index (χ2n) is 6.14. The Balaban J connectivity index is 2.02. The number of aromatic nitrogens is 2. The van der Waals surface area contributed by atoms with Gasteiger partial charge < -0.3 is 10.1 Å². The molecule has 4 nitrogen and oxygen atoms in total. The maximum atomic E-state index is 13.1. The summed E-state index contributed by atoms with van der Waals surface area (Å²) in [4.78, 5) is 18.5. The second kappa shape index (κ2) is 5.32. The molecule has 0 saturated heterocycles. The van der Waals surface area contributed by atoms with Crippen molar-refractivity contribution in [2.24, 2.45) is 5.92 Å². The van der Waals surface area contributed by atoms with Crippen molar-refractivity contribution in [2.75, 3.05) is 0 Å². The molecule has 1 aliphatic rings. The van der Waals surface area contributed by atoms with Gasteiger partial charge in [-0.2, -0.15) is 0 Å². The molecule has 2 aromatic heterocycles. The van der Waals surface area contributed by atoms with Crippen LogP contribution in [0.5, 0.6) is 5.75 Å². The van der Waals surface area contributed by atoms with Gasteiger partial charge >= 0.3 is 0 Å². The molecule has 1 atom stereocenters. The van der Waals surface area contributed by atoms with Crippen LogP contribution in [0.1, 0.15) is 23.8 Å². The first-order chi connectivity index (χ1) is 11.0. The van der Waals surface area contributed by atoms with Gasteiger partial charge in [-0.05, 0) is 67.2 Å². The molecule has 0 aliphatic heterocycles. The zero-order valence-electron chi connectivity index (χ0n) is 12.6. The number of thiophene rings is 1. The standard InChI is InChI=1S/C17H16N2O2S2/c1-9-2-7-12-13(8-9)23-15-14(12)16(21)19(17(22)18-15)10-3-5-11(20)6-4-10/h3-6,9,20H,2,7-8H2,1H3,(H,18,22). The number of nitrogens with one attached hydrogen (secondary N) is 1. The van der Waals surface area contributed by atoms with Gasteiger partial charge in [0.2, 0.25) is 0 Å². The number of aromatic amines is 1. The van der Waals surface area contributed by atoms with Crippen molar-refractivity contribution >= 4 is 33.8 Å². The molecule has 2 heterocycles. The number of phenolic OH excluding ortho intramolecular Hbond substituents is 1. The predicted molar refractivity (Wildman–Crippen MR) is 95.5 cm³/mol. The number of hydrogen-bond acceptors (Lipinski definition) is 4. The summed E-state index contributed by atoms with van der Waals surface area (Å²) in [5.41, 5.74) is 1.79. The van der Waals surface area contributed by atoms with Gasteiger partial charge in [0, 0.05) is 4.88 Å². The van der Waals surface area contributed by atoms with Crippen molar-refractivity contribution in [3.63, 3.8) is 0 Å². The fraction of sp³-hybridized carbons (Fsp3) is 0.294. The summed E-state index contributed by atoms with van der Waals surface area (Å²) in [5, 5.41) is 10.2. The van der Waals surface area contributed by atoms with Crippen molar-refractivity contribution in [3.05, 3.63) is 49.8 Å². The Labute approximate surface area is 142 Å². The number of benzene rings is 1. The van der Waals surface area contributed by atoms with E-state index in [0.29, 0.717) is 16.4 Å². The molecule has 3 aromatic rings. The molecular formula is C17H16N2O2S2. The summed E-state index contributed by atoms with van der Waals surface area (Å²) < 4.78 is 1.90. The number of rotatable bonds is 1. The fourth-order valence-corrected chi connectivity index (χ4v) is 5.02. The van der Waals surface area contributed by atoms with Crippen LogP contribution in [0.15, 0.2) is 29.1 Å². The topological polar surface area (TPSA) is 58.0 Å². The Morgan fingerprint density at radius 3 is 2.83 bits per heavy atom. The van der Waals surface area contributed by atoms with E-state index in [9.17, 15) is 9.90 Å². The fourth-order valence-electron chi connectivity index (χ4n) is 3.26. The van der Waals surface area contributed by atoms with E-state index in [1.54, 1.807) is 35.6 Å². The Morgan fingerprint density at radius 2 is 2.09 bits per heavy atom. The van der Waals surface area contributed by atoms with Crippen LogP contribution >= 0.6 is 23.6 Å². The maximum Gasteiger partial charge on any atom is 0.267 e. The summed E-state index contributed by atoms with van der Waals surface area (Å²) in [5.74, 6) is 0.831. The summed E-state index contributed by atoms with van der Waals surface area (Å²) in [6, 6.07) is 6.53. The van der Waals surface area contributed by atoms with Crippen molar-refractivity contribution in [1.29, 1.82) is 0 Å². The van der Waals surface area contributed by atoms with E-state index in [-0.39, 0.29) is 11.3 Å². The van der Waals surface area contributed by atoms with Gasteiger partial charge in [0.05, 0.1) is 11.1 Å². The number of nitrogens with zero attached hydrogens (tertiary/aromatic N) is 1.